The summed E-state index contributed by atoms with van der Waals surface area (Å²) in [6.45, 7) is 4.06. The van der Waals surface area contributed by atoms with Crippen LogP contribution in [0.2, 0.25) is 5.02 Å². The van der Waals surface area contributed by atoms with Crippen molar-refractivity contribution >= 4 is 39.4 Å². The number of hydrogen-bond donors (Lipinski definition) is 1. The fourth-order valence-electron chi connectivity index (χ4n) is 2.35. The van der Waals surface area contributed by atoms with Crippen molar-refractivity contribution in [3.8, 4) is 5.75 Å². The first-order chi connectivity index (χ1) is 13.7. The van der Waals surface area contributed by atoms with Crippen molar-refractivity contribution in [3.63, 3.8) is 0 Å². The molecule has 29 heavy (non-hydrogen) atoms. The van der Waals surface area contributed by atoms with Crippen LogP contribution in [0.3, 0.4) is 0 Å². The monoisotopic (exact) mass is 437 g/mol. The van der Waals surface area contributed by atoms with E-state index in [0.717, 1.165) is 33.9 Å². The maximum atomic E-state index is 12.2. The number of ether oxygens (including phenoxy) is 1. The number of amides is 1. The fourth-order valence-corrected chi connectivity index (χ4v) is 3.37. The smallest absolute Gasteiger partial charge is 0.260 e. The van der Waals surface area contributed by atoms with Crippen LogP contribution in [-0.2, 0) is 14.8 Å². The number of nitrogens with zero attached hydrogens (tertiary/aromatic N) is 2. The highest BCUT2D eigenvalue weighted by atomic mass is 35.5. The minimum absolute atomic E-state index is 0.310. The standard InChI is InChI=1S/C20H24ClN3O4S/c1-4-11-28-18-9-6-16(7-10-18)13-22-23-20(25)14-24(29(3,26)27)17-8-5-15(2)19(21)12-17/h5-10,12-13H,4,11,14H2,1-3H3,(H,23,25)/b22-13-. The summed E-state index contributed by atoms with van der Waals surface area (Å²) in [6, 6.07) is 12.0. The van der Waals surface area contributed by atoms with Crippen LogP contribution in [0.25, 0.3) is 0 Å². The SMILES string of the molecule is CCCOc1ccc(/C=N\NC(=O)CN(c2ccc(C)c(Cl)c2)S(C)(=O)=O)cc1. The largest absolute Gasteiger partial charge is 0.494 e. The summed E-state index contributed by atoms with van der Waals surface area (Å²) in [5.74, 6) is 0.180. The van der Waals surface area contributed by atoms with Crippen molar-refractivity contribution in [1.82, 2.24) is 5.43 Å². The first-order valence-electron chi connectivity index (χ1n) is 8.99. The average molecular weight is 438 g/mol. The number of anilines is 1. The number of halogens is 1. The highest BCUT2D eigenvalue weighted by Crippen LogP contribution is 2.24. The second-order valence-electron chi connectivity index (χ2n) is 6.41. The zero-order chi connectivity index (χ0) is 21.4. The predicted octanol–water partition coefficient (Wildman–Crippen LogP) is 3.35. The Hall–Kier alpha value is -2.58. The summed E-state index contributed by atoms with van der Waals surface area (Å²) < 4.78 is 30.7. The molecule has 0 aliphatic heterocycles. The quantitative estimate of drug-likeness (QED) is 0.481. The summed E-state index contributed by atoms with van der Waals surface area (Å²) in [5, 5.41) is 4.30. The number of nitrogens with one attached hydrogen (secondary N) is 1. The number of benzene rings is 2. The fraction of sp³-hybridized carbons (Fsp3) is 0.300. The number of hydrazone groups is 1. The molecule has 0 aliphatic rings. The van der Waals surface area contributed by atoms with Gasteiger partial charge in [-0.3, -0.25) is 9.10 Å². The Morgan fingerprint density at radius 3 is 2.52 bits per heavy atom. The summed E-state index contributed by atoms with van der Waals surface area (Å²) in [4.78, 5) is 12.2. The van der Waals surface area contributed by atoms with Gasteiger partial charge in [-0.1, -0.05) is 24.6 Å². The number of carbonyl (C=O) groups is 1. The Bertz CT molecular complexity index is 976. The molecular formula is C20H24ClN3O4S. The summed E-state index contributed by atoms with van der Waals surface area (Å²) in [6.07, 6.45) is 3.42. The maximum Gasteiger partial charge on any atom is 0.260 e. The van der Waals surface area contributed by atoms with E-state index < -0.39 is 22.5 Å². The van der Waals surface area contributed by atoms with Gasteiger partial charge in [0.05, 0.1) is 24.8 Å². The molecule has 1 N–H and O–H groups in total. The lowest BCUT2D eigenvalue weighted by atomic mass is 10.2. The number of carbonyl (C=O) groups excluding carboxylic acids is 1. The molecule has 2 aromatic rings. The number of sulfonamides is 1. The van der Waals surface area contributed by atoms with Crippen LogP contribution in [0.5, 0.6) is 5.75 Å². The third-order valence-electron chi connectivity index (χ3n) is 3.89. The lowest BCUT2D eigenvalue weighted by Gasteiger charge is -2.21. The minimum atomic E-state index is -3.68. The molecule has 9 heteroatoms. The van der Waals surface area contributed by atoms with Gasteiger partial charge in [-0.25, -0.2) is 13.8 Å². The normalized spacial score (nSPS) is 11.4. The van der Waals surface area contributed by atoms with Gasteiger partial charge in [-0.2, -0.15) is 5.10 Å². The van der Waals surface area contributed by atoms with Crippen molar-refractivity contribution in [3.05, 3.63) is 58.6 Å². The van der Waals surface area contributed by atoms with Gasteiger partial charge < -0.3 is 4.74 Å². The van der Waals surface area contributed by atoms with Crippen LogP contribution in [-0.4, -0.2) is 39.9 Å². The summed E-state index contributed by atoms with van der Waals surface area (Å²) in [7, 11) is -3.68. The molecule has 0 heterocycles. The average Bonchev–Trinajstić information content (AvgIpc) is 2.67. The maximum absolute atomic E-state index is 12.2. The zero-order valence-electron chi connectivity index (χ0n) is 16.6. The molecule has 2 rings (SSSR count). The molecule has 0 fully saturated rings. The third kappa shape index (κ3) is 7.07. The van der Waals surface area contributed by atoms with E-state index in [1.54, 1.807) is 31.2 Å². The van der Waals surface area contributed by atoms with Crippen molar-refractivity contribution < 1.29 is 17.9 Å². The van der Waals surface area contributed by atoms with E-state index in [9.17, 15) is 13.2 Å². The first kappa shape index (κ1) is 22.7. The molecular weight excluding hydrogens is 414 g/mol. The van der Waals surface area contributed by atoms with E-state index in [4.69, 9.17) is 16.3 Å². The molecule has 0 radical (unpaired) electrons. The highest BCUT2D eigenvalue weighted by Gasteiger charge is 2.21. The topological polar surface area (TPSA) is 88.1 Å². The summed E-state index contributed by atoms with van der Waals surface area (Å²) >= 11 is 6.08. The molecule has 156 valence electrons. The Morgan fingerprint density at radius 1 is 1.24 bits per heavy atom. The number of aryl methyl sites for hydroxylation is 1. The van der Waals surface area contributed by atoms with Gasteiger partial charge in [0, 0.05) is 5.02 Å². The third-order valence-corrected chi connectivity index (χ3v) is 5.43. The van der Waals surface area contributed by atoms with E-state index in [1.165, 1.54) is 12.3 Å². The molecule has 0 saturated carbocycles. The second-order valence-corrected chi connectivity index (χ2v) is 8.73. The van der Waals surface area contributed by atoms with Crippen LogP contribution in [0.1, 0.15) is 24.5 Å². The number of hydrogen-bond acceptors (Lipinski definition) is 5. The van der Waals surface area contributed by atoms with E-state index in [2.05, 4.69) is 10.5 Å². The van der Waals surface area contributed by atoms with Gasteiger partial charge in [0.1, 0.15) is 12.3 Å². The second kappa shape index (κ2) is 10.3. The van der Waals surface area contributed by atoms with Gasteiger partial charge in [0.25, 0.3) is 5.91 Å². The Kier molecular flexibility index (Phi) is 8.04. The van der Waals surface area contributed by atoms with Crippen LogP contribution >= 0.6 is 11.6 Å². The Labute approximate surface area is 176 Å². The molecule has 1 amide bonds. The van der Waals surface area contributed by atoms with Crippen molar-refractivity contribution in [2.24, 2.45) is 5.10 Å². The summed E-state index contributed by atoms with van der Waals surface area (Å²) in [5.41, 5.74) is 4.22. The minimum Gasteiger partial charge on any atom is -0.494 e. The molecule has 0 unspecified atom stereocenters. The molecule has 7 nitrogen and oxygen atoms in total. The van der Waals surface area contributed by atoms with Gasteiger partial charge in [0.2, 0.25) is 10.0 Å². The van der Waals surface area contributed by atoms with Gasteiger partial charge in [-0.05, 0) is 60.9 Å². The lowest BCUT2D eigenvalue weighted by Crippen LogP contribution is -2.39. The van der Waals surface area contributed by atoms with Crippen molar-refractivity contribution in [1.29, 1.82) is 0 Å². The van der Waals surface area contributed by atoms with Crippen LogP contribution < -0.4 is 14.5 Å². The molecule has 2 aromatic carbocycles. The number of rotatable bonds is 9. The molecule has 0 spiro atoms. The molecule has 0 atom stereocenters. The molecule has 0 saturated heterocycles. The zero-order valence-corrected chi connectivity index (χ0v) is 18.1. The Balaban J connectivity index is 2.01. The molecule has 0 aliphatic carbocycles. The molecule has 0 aromatic heterocycles. The van der Waals surface area contributed by atoms with Crippen molar-refractivity contribution in [2.45, 2.75) is 20.3 Å². The lowest BCUT2D eigenvalue weighted by molar-refractivity contribution is -0.119. The van der Waals surface area contributed by atoms with Crippen molar-refractivity contribution in [2.75, 3.05) is 23.7 Å². The van der Waals surface area contributed by atoms with E-state index in [1.807, 2.05) is 19.1 Å². The van der Waals surface area contributed by atoms with E-state index in [-0.39, 0.29) is 0 Å². The molecule has 0 bridgehead atoms. The first-order valence-corrected chi connectivity index (χ1v) is 11.2. The Morgan fingerprint density at radius 2 is 1.93 bits per heavy atom. The van der Waals surface area contributed by atoms with Gasteiger partial charge >= 0.3 is 0 Å². The van der Waals surface area contributed by atoms with Gasteiger partial charge in [-0.15, -0.1) is 0 Å². The van der Waals surface area contributed by atoms with Crippen LogP contribution in [0.15, 0.2) is 47.6 Å². The van der Waals surface area contributed by atoms with E-state index >= 15 is 0 Å². The van der Waals surface area contributed by atoms with E-state index in [0.29, 0.717) is 17.3 Å². The predicted molar refractivity (Wildman–Crippen MR) is 116 cm³/mol. The van der Waals surface area contributed by atoms with Gasteiger partial charge in [0.15, 0.2) is 0 Å². The van der Waals surface area contributed by atoms with Crippen LogP contribution in [0.4, 0.5) is 5.69 Å². The highest BCUT2D eigenvalue weighted by molar-refractivity contribution is 7.92. The van der Waals surface area contributed by atoms with Crippen LogP contribution in [0, 0.1) is 6.92 Å².